The third-order valence-electron chi connectivity index (χ3n) is 3.25. The number of hydrogen-bond donors (Lipinski definition) is 1. The molecule has 0 bridgehead atoms. The number of aryl methyl sites for hydroxylation is 4. The van der Waals surface area contributed by atoms with Crippen molar-refractivity contribution in [2.45, 2.75) is 26.4 Å². The van der Waals surface area contributed by atoms with Gasteiger partial charge in [-0.05, 0) is 19.4 Å². The van der Waals surface area contributed by atoms with Crippen LogP contribution in [0.5, 0.6) is 0 Å². The van der Waals surface area contributed by atoms with Gasteiger partial charge >= 0.3 is 0 Å². The first-order chi connectivity index (χ1) is 9.16. The first kappa shape index (κ1) is 11.8. The third kappa shape index (κ3) is 1.96. The lowest BCUT2D eigenvalue weighted by Gasteiger charge is -2.07. The smallest absolute Gasteiger partial charge is 0.202 e. The SMILES string of the molecule is Cc1nn(C)c2c1nc(N)n2CCCn1cccn1. The molecule has 0 atom stereocenters. The van der Waals surface area contributed by atoms with E-state index < -0.39 is 0 Å². The van der Waals surface area contributed by atoms with Crippen LogP contribution in [0.1, 0.15) is 12.1 Å². The van der Waals surface area contributed by atoms with Gasteiger partial charge in [0, 0.05) is 32.5 Å². The summed E-state index contributed by atoms with van der Waals surface area (Å²) in [6.07, 6.45) is 4.69. The van der Waals surface area contributed by atoms with Crippen LogP contribution in [-0.2, 0) is 20.1 Å². The second-order valence-electron chi connectivity index (χ2n) is 4.63. The molecule has 3 aromatic heterocycles. The molecule has 7 nitrogen and oxygen atoms in total. The lowest BCUT2D eigenvalue weighted by molar-refractivity contribution is 0.530. The second-order valence-corrected chi connectivity index (χ2v) is 4.63. The fourth-order valence-corrected chi connectivity index (χ4v) is 2.40. The molecular formula is C12H17N7. The minimum atomic E-state index is 0.548. The molecule has 7 heteroatoms. The van der Waals surface area contributed by atoms with Gasteiger partial charge in [0.2, 0.25) is 5.95 Å². The molecule has 0 aliphatic rings. The van der Waals surface area contributed by atoms with Gasteiger partial charge in [-0.1, -0.05) is 0 Å². The lowest BCUT2D eigenvalue weighted by atomic mass is 10.4. The van der Waals surface area contributed by atoms with Crippen LogP contribution in [-0.4, -0.2) is 29.1 Å². The highest BCUT2D eigenvalue weighted by molar-refractivity contribution is 5.77. The maximum Gasteiger partial charge on any atom is 0.202 e. The molecule has 0 aromatic carbocycles. The van der Waals surface area contributed by atoms with Crippen LogP contribution in [0.4, 0.5) is 5.95 Å². The van der Waals surface area contributed by atoms with Crippen molar-refractivity contribution in [3.8, 4) is 0 Å². The largest absolute Gasteiger partial charge is 0.369 e. The van der Waals surface area contributed by atoms with Gasteiger partial charge in [0.1, 0.15) is 5.52 Å². The Morgan fingerprint density at radius 1 is 1.32 bits per heavy atom. The number of fused-ring (bicyclic) bond motifs is 1. The van der Waals surface area contributed by atoms with Gasteiger partial charge in [0.05, 0.1) is 5.69 Å². The van der Waals surface area contributed by atoms with Gasteiger partial charge in [-0.2, -0.15) is 10.2 Å². The van der Waals surface area contributed by atoms with Crippen molar-refractivity contribution in [1.29, 1.82) is 0 Å². The maximum atomic E-state index is 5.98. The minimum absolute atomic E-state index is 0.548. The molecule has 3 heterocycles. The van der Waals surface area contributed by atoms with Crippen molar-refractivity contribution in [2.75, 3.05) is 5.73 Å². The van der Waals surface area contributed by atoms with Crippen molar-refractivity contribution in [3.05, 3.63) is 24.2 Å². The van der Waals surface area contributed by atoms with E-state index in [-0.39, 0.29) is 0 Å². The topological polar surface area (TPSA) is 79.5 Å². The summed E-state index contributed by atoms with van der Waals surface area (Å²) in [6, 6.07) is 1.92. The summed E-state index contributed by atoms with van der Waals surface area (Å²) in [4.78, 5) is 4.38. The van der Waals surface area contributed by atoms with Crippen molar-refractivity contribution in [3.63, 3.8) is 0 Å². The van der Waals surface area contributed by atoms with E-state index >= 15 is 0 Å². The Morgan fingerprint density at radius 3 is 2.89 bits per heavy atom. The van der Waals surface area contributed by atoms with Crippen molar-refractivity contribution in [1.82, 2.24) is 29.1 Å². The van der Waals surface area contributed by atoms with Crippen LogP contribution < -0.4 is 5.73 Å². The molecule has 3 rings (SSSR count). The van der Waals surface area contributed by atoms with E-state index in [1.165, 1.54) is 0 Å². The highest BCUT2D eigenvalue weighted by Gasteiger charge is 2.15. The van der Waals surface area contributed by atoms with Crippen molar-refractivity contribution >= 4 is 17.1 Å². The molecule has 100 valence electrons. The highest BCUT2D eigenvalue weighted by atomic mass is 15.3. The van der Waals surface area contributed by atoms with E-state index in [0.29, 0.717) is 5.95 Å². The number of aromatic nitrogens is 6. The average molecular weight is 259 g/mol. The monoisotopic (exact) mass is 259 g/mol. The molecule has 0 amide bonds. The Balaban J connectivity index is 1.82. The standard InChI is InChI=1S/C12H17N7/c1-9-10-11(17(2)16-9)19(12(13)15-10)8-4-7-18-6-3-5-14-18/h3,5-6H,4,7-8H2,1-2H3,(H2,13,15). The lowest BCUT2D eigenvalue weighted by Crippen LogP contribution is -2.09. The molecule has 0 saturated carbocycles. The van der Waals surface area contributed by atoms with Crippen molar-refractivity contribution in [2.24, 2.45) is 7.05 Å². The summed E-state index contributed by atoms with van der Waals surface area (Å²) in [6.45, 7) is 3.62. The second kappa shape index (κ2) is 4.42. The van der Waals surface area contributed by atoms with Crippen LogP contribution in [0, 0.1) is 6.92 Å². The zero-order valence-electron chi connectivity index (χ0n) is 11.1. The van der Waals surface area contributed by atoms with E-state index in [4.69, 9.17) is 5.73 Å². The summed E-state index contributed by atoms with van der Waals surface area (Å²) in [7, 11) is 1.92. The van der Waals surface area contributed by atoms with Crippen LogP contribution in [0.2, 0.25) is 0 Å². The van der Waals surface area contributed by atoms with Gasteiger partial charge in [0.15, 0.2) is 5.65 Å². The number of rotatable bonds is 4. The number of hydrogen-bond acceptors (Lipinski definition) is 4. The van der Waals surface area contributed by atoms with Crippen LogP contribution in [0.15, 0.2) is 18.5 Å². The third-order valence-corrected chi connectivity index (χ3v) is 3.25. The highest BCUT2D eigenvalue weighted by Crippen LogP contribution is 2.20. The summed E-state index contributed by atoms with van der Waals surface area (Å²) in [5, 5.41) is 8.55. The molecule has 2 N–H and O–H groups in total. The molecule has 0 fully saturated rings. The molecule has 0 aliphatic heterocycles. The molecule has 0 unspecified atom stereocenters. The quantitative estimate of drug-likeness (QED) is 0.756. The molecule has 0 spiro atoms. The molecule has 0 radical (unpaired) electrons. The summed E-state index contributed by atoms with van der Waals surface area (Å²) in [5.74, 6) is 0.548. The number of nitrogens with zero attached hydrogens (tertiary/aromatic N) is 6. The predicted molar refractivity (Wildman–Crippen MR) is 72.5 cm³/mol. The van der Waals surface area contributed by atoms with E-state index in [1.54, 1.807) is 6.20 Å². The molecule has 0 saturated heterocycles. The van der Waals surface area contributed by atoms with Gasteiger partial charge in [0.25, 0.3) is 0 Å². The first-order valence-electron chi connectivity index (χ1n) is 6.29. The van der Waals surface area contributed by atoms with Gasteiger partial charge < -0.3 is 5.73 Å². The molecule has 19 heavy (non-hydrogen) atoms. The zero-order chi connectivity index (χ0) is 13.4. The molecule has 0 aliphatic carbocycles. The number of nitrogens with two attached hydrogens (primary N) is 1. The fraction of sp³-hybridized carbons (Fsp3) is 0.417. The number of anilines is 1. The van der Waals surface area contributed by atoms with Crippen molar-refractivity contribution < 1.29 is 0 Å². The van der Waals surface area contributed by atoms with E-state index in [9.17, 15) is 0 Å². The van der Waals surface area contributed by atoms with E-state index in [0.717, 1.165) is 36.4 Å². The Labute approximate surface area is 110 Å². The van der Waals surface area contributed by atoms with Crippen LogP contribution in [0.25, 0.3) is 11.2 Å². The Morgan fingerprint density at radius 2 is 2.16 bits per heavy atom. The van der Waals surface area contributed by atoms with Gasteiger partial charge in [-0.15, -0.1) is 0 Å². The predicted octanol–water partition coefficient (Wildman–Crippen LogP) is 0.947. The zero-order valence-corrected chi connectivity index (χ0v) is 11.1. The first-order valence-corrected chi connectivity index (χ1v) is 6.29. The number of nitrogen functional groups attached to an aromatic ring is 1. The van der Waals surface area contributed by atoms with Crippen LogP contribution in [0.3, 0.4) is 0 Å². The average Bonchev–Trinajstić information content (AvgIpc) is 3.03. The summed E-state index contributed by atoms with van der Waals surface area (Å²) < 4.78 is 5.76. The number of imidazole rings is 1. The molecular weight excluding hydrogens is 242 g/mol. The Hall–Kier alpha value is -2.31. The Kier molecular flexibility index (Phi) is 2.73. The van der Waals surface area contributed by atoms with Gasteiger partial charge in [-0.25, -0.2) is 4.98 Å². The van der Waals surface area contributed by atoms with E-state index in [2.05, 4.69) is 15.2 Å². The Bertz CT molecular complexity index is 689. The maximum absolute atomic E-state index is 5.98. The minimum Gasteiger partial charge on any atom is -0.369 e. The normalized spacial score (nSPS) is 11.5. The van der Waals surface area contributed by atoms with Gasteiger partial charge in [-0.3, -0.25) is 13.9 Å². The summed E-state index contributed by atoms with van der Waals surface area (Å²) in [5.41, 5.74) is 8.77. The fourth-order valence-electron chi connectivity index (χ4n) is 2.40. The van der Waals surface area contributed by atoms with Crippen LogP contribution >= 0.6 is 0 Å². The molecule has 3 aromatic rings. The summed E-state index contributed by atoms with van der Waals surface area (Å²) >= 11 is 0. The van der Waals surface area contributed by atoms with E-state index in [1.807, 2.05) is 40.2 Å².